The van der Waals surface area contributed by atoms with Gasteiger partial charge in [0.1, 0.15) is 10.4 Å². The van der Waals surface area contributed by atoms with Crippen molar-refractivity contribution in [3.8, 4) is 0 Å². The van der Waals surface area contributed by atoms with Crippen LogP contribution in [0.2, 0.25) is 0 Å². The average molecular weight is 370 g/mol. The second-order valence-electron chi connectivity index (χ2n) is 5.38. The van der Waals surface area contributed by atoms with Crippen molar-refractivity contribution in [1.29, 1.82) is 0 Å². The predicted molar refractivity (Wildman–Crippen MR) is 101 cm³/mol. The molecular weight excluding hydrogens is 356 g/mol. The van der Waals surface area contributed by atoms with Crippen molar-refractivity contribution in [1.82, 2.24) is 9.88 Å². The maximum Gasteiger partial charge on any atom is 0.327 e. The van der Waals surface area contributed by atoms with Crippen molar-refractivity contribution in [2.24, 2.45) is 0 Å². The number of thiocarbonyl (C=S) groups is 1. The zero-order valence-electron chi connectivity index (χ0n) is 13.0. The second kappa shape index (κ2) is 7.58. The van der Waals surface area contributed by atoms with Crippen LogP contribution in [0.4, 0.5) is 0 Å². The van der Waals surface area contributed by atoms with Gasteiger partial charge in [-0.05, 0) is 29.3 Å². The summed E-state index contributed by atoms with van der Waals surface area (Å²) in [5.74, 6) is -1.46. The molecule has 0 aliphatic carbocycles. The quantitative estimate of drug-likeness (QED) is 0.645. The van der Waals surface area contributed by atoms with Crippen LogP contribution in [0.5, 0.6) is 0 Å². The topological polar surface area (TPSA) is 70.5 Å². The molecule has 2 aromatic rings. The standard InChI is InChI=1S/C18H14N2O3S2/c21-16-15(11-13-6-8-19-9-7-13)25-18(24)20(16)14(17(22)23)10-12-4-2-1-3-5-12/h1-9,11,14H,10H2,(H,22,23)/b15-11-. The van der Waals surface area contributed by atoms with Crippen LogP contribution < -0.4 is 0 Å². The predicted octanol–water partition coefficient (Wildman–Crippen LogP) is 2.98. The SMILES string of the molecule is O=C(O)C(Cc1ccccc1)N1C(=O)/C(=C/c2ccncc2)SC1=S. The monoisotopic (exact) mass is 370 g/mol. The Bertz CT molecular complexity index is 838. The molecule has 1 amide bonds. The van der Waals surface area contributed by atoms with Crippen LogP contribution in [0.15, 0.2) is 59.8 Å². The first-order chi connectivity index (χ1) is 12.1. The molecule has 3 rings (SSSR count). The van der Waals surface area contributed by atoms with E-state index in [2.05, 4.69) is 4.98 Å². The zero-order chi connectivity index (χ0) is 17.8. The smallest absolute Gasteiger partial charge is 0.327 e. The van der Waals surface area contributed by atoms with E-state index < -0.39 is 12.0 Å². The van der Waals surface area contributed by atoms with Crippen LogP contribution in [-0.4, -0.2) is 37.2 Å². The Morgan fingerprint density at radius 3 is 2.56 bits per heavy atom. The summed E-state index contributed by atoms with van der Waals surface area (Å²) in [6.45, 7) is 0. The van der Waals surface area contributed by atoms with Crippen LogP contribution in [-0.2, 0) is 16.0 Å². The van der Waals surface area contributed by atoms with Gasteiger partial charge in [0.25, 0.3) is 5.91 Å². The first-order valence-corrected chi connectivity index (χ1v) is 8.72. The molecule has 1 atom stereocenters. The van der Waals surface area contributed by atoms with Crippen LogP contribution in [0.3, 0.4) is 0 Å². The lowest BCUT2D eigenvalue weighted by molar-refractivity contribution is -0.145. The number of hydrogen-bond acceptors (Lipinski definition) is 5. The molecule has 5 nitrogen and oxygen atoms in total. The zero-order valence-corrected chi connectivity index (χ0v) is 14.7. The molecule has 2 heterocycles. The molecular formula is C18H14N2O3S2. The van der Waals surface area contributed by atoms with Gasteiger partial charge in [-0.3, -0.25) is 14.7 Å². The summed E-state index contributed by atoms with van der Waals surface area (Å²) in [5, 5.41) is 9.62. The number of nitrogens with zero attached hydrogens (tertiary/aromatic N) is 2. The molecule has 7 heteroatoms. The second-order valence-corrected chi connectivity index (χ2v) is 7.05. The lowest BCUT2D eigenvalue weighted by Crippen LogP contribution is -2.45. The van der Waals surface area contributed by atoms with E-state index in [0.717, 1.165) is 22.9 Å². The van der Waals surface area contributed by atoms with Gasteiger partial charge in [-0.15, -0.1) is 0 Å². The summed E-state index contributed by atoms with van der Waals surface area (Å²) in [7, 11) is 0. The van der Waals surface area contributed by atoms with Crippen LogP contribution in [0.1, 0.15) is 11.1 Å². The van der Waals surface area contributed by atoms with E-state index in [-0.39, 0.29) is 16.6 Å². The number of pyridine rings is 1. The van der Waals surface area contributed by atoms with Gasteiger partial charge in [0, 0.05) is 18.8 Å². The van der Waals surface area contributed by atoms with Crippen molar-refractivity contribution >= 4 is 46.3 Å². The van der Waals surface area contributed by atoms with Gasteiger partial charge in [-0.2, -0.15) is 0 Å². The number of hydrogen-bond donors (Lipinski definition) is 1. The molecule has 1 unspecified atom stereocenters. The fraction of sp³-hybridized carbons (Fsp3) is 0.111. The molecule has 1 aromatic carbocycles. The van der Waals surface area contributed by atoms with E-state index in [1.165, 1.54) is 4.90 Å². The lowest BCUT2D eigenvalue weighted by atomic mass is 10.0. The highest BCUT2D eigenvalue weighted by atomic mass is 32.2. The van der Waals surface area contributed by atoms with Crippen molar-refractivity contribution in [3.05, 3.63) is 70.9 Å². The van der Waals surface area contributed by atoms with Gasteiger partial charge in [-0.1, -0.05) is 54.3 Å². The minimum absolute atomic E-state index is 0.200. The third-order valence-corrected chi connectivity index (χ3v) is 5.03. The van der Waals surface area contributed by atoms with Gasteiger partial charge in [0.15, 0.2) is 0 Å². The number of carboxylic acid groups (broad SMARTS) is 1. The molecule has 1 N–H and O–H groups in total. The number of carbonyl (C=O) groups is 2. The summed E-state index contributed by atoms with van der Waals surface area (Å²) < 4.78 is 0.258. The molecule has 1 aliphatic rings. The maximum absolute atomic E-state index is 12.7. The number of amides is 1. The number of benzene rings is 1. The maximum atomic E-state index is 12.7. The third-order valence-electron chi connectivity index (χ3n) is 3.70. The van der Waals surface area contributed by atoms with E-state index in [9.17, 15) is 14.7 Å². The number of rotatable bonds is 5. The third kappa shape index (κ3) is 3.94. The molecule has 25 heavy (non-hydrogen) atoms. The summed E-state index contributed by atoms with van der Waals surface area (Å²) >= 11 is 6.39. The Balaban J connectivity index is 1.87. The number of aliphatic carboxylic acids is 1. The average Bonchev–Trinajstić information content (AvgIpc) is 2.88. The summed E-state index contributed by atoms with van der Waals surface area (Å²) in [6, 6.07) is 11.7. The van der Waals surface area contributed by atoms with Crippen LogP contribution in [0.25, 0.3) is 6.08 Å². The van der Waals surface area contributed by atoms with Crippen LogP contribution in [0, 0.1) is 0 Å². The molecule has 1 aromatic heterocycles. The highest BCUT2D eigenvalue weighted by Crippen LogP contribution is 2.34. The fourth-order valence-electron chi connectivity index (χ4n) is 2.49. The summed E-state index contributed by atoms with van der Waals surface area (Å²) in [5.41, 5.74) is 1.65. The molecule has 1 aliphatic heterocycles. The van der Waals surface area contributed by atoms with Crippen LogP contribution >= 0.6 is 24.0 Å². The molecule has 0 bridgehead atoms. The number of carboxylic acids is 1. The first-order valence-electron chi connectivity index (χ1n) is 7.50. The van der Waals surface area contributed by atoms with Crippen molar-refractivity contribution < 1.29 is 14.7 Å². The van der Waals surface area contributed by atoms with E-state index >= 15 is 0 Å². The molecule has 0 radical (unpaired) electrons. The van der Waals surface area contributed by atoms with E-state index in [0.29, 0.717) is 4.91 Å². The largest absolute Gasteiger partial charge is 0.480 e. The normalized spacial score (nSPS) is 17.1. The highest BCUT2D eigenvalue weighted by Gasteiger charge is 2.40. The van der Waals surface area contributed by atoms with Crippen molar-refractivity contribution in [2.45, 2.75) is 12.5 Å². The van der Waals surface area contributed by atoms with Crippen molar-refractivity contribution in [2.75, 3.05) is 0 Å². The van der Waals surface area contributed by atoms with E-state index in [4.69, 9.17) is 12.2 Å². The fourth-order valence-corrected chi connectivity index (χ4v) is 3.84. The molecule has 1 fully saturated rings. The van der Waals surface area contributed by atoms with Gasteiger partial charge in [0.05, 0.1) is 4.91 Å². The molecule has 0 saturated carbocycles. The lowest BCUT2D eigenvalue weighted by Gasteiger charge is -2.23. The Labute approximate surface area is 154 Å². The number of carbonyl (C=O) groups excluding carboxylic acids is 1. The molecule has 0 spiro atoms. The first kappa shape index (κ1) is 17.3. The minimum Gasteiger partial charge on any atom is -0.480 e. The minimum atomic E-state index is -1.08. The van der Waals surface area contributed by atoms with Gasteiger partial charge >= 0.3 is 5.97 Å². The van der Waals surface area contributed by atoms with Gasteiger partial charge in [-0.25, -0.2) is 4.79 Å². The summed E-state index contributed by atoms with van der Waals surface area (Å²) in [6.07, 6.45) is 5.15. The van der Waals surface area contributed by atoms with E-state index in [1.54, 1.807) is 30.6 Å². The molecule has 126 valence electrons. The Morgan fingerprint density at radius 2 is 1.92 bits per heavy atom. The Hall–Kier alpha value is -2.51. The number of aromatic nitrogens is 1. The Kier molecular flexibility index (Phi) is 5.25. The van der Waals surface area contributed by atoms with Gasteiger partial charge in [0.2, 0.25) is 0 Å². The Morgan fingerprint density at radius 1 is 1.24 bits per heavy atom. The number of thioether (sulfide) groups is 1. The van der Waals surface area contributed by atoms with E-state index in [1.807, 2.05) is 30.3 Å². The highest BCUT2D eigenvalue weighted by molar-refractivity contribution is 8.26. The van der Waals surface area contributed by atoms with Crippen molar-refractivity contribution in [3.63, 3.8) is 0 Å². The van der Waals surface area contributed by atoms with Gasteiger partial charge < -0.3 is 5.11 Å². The molecule has 1 saturated heterocycles. The summed E-state index contributed by atoms with van der Waals surface area (Å²) in [4.78, 5) is 30.0.